The molecule has 0 aromatic carbocycles. The summed E-state index contributed by atoms with van der Waals surface area (Å²) in [6.45, 7) is 0.742. The van der Waals surface area contributed by atoms with E-state index in [2.05, 4.69) is 34.2 Å². The molecule has 1 heterocycles. The van der Waals surface area contributed by atoms with Gasteiger partial charge in [-0.15, -0.1) is 5.10 Å². The summed E-state index contributed by atoms with van der Waals surface area (Å²) in [7, 11) is 6.03. The minimum Gasteiger partial charge on any atom is -0.337 e. The highest BCUT2D eigenvalue weighted by Crippen LogP contribution is 2.38. The molecule has 6 nitrogen and oxygen atoms in total. The quantitative estimate of drug-likeness (QED) is 0.879. The van der Waals surface area contributed by atoms with Gasteiger partial charge in [-0.25, -0.2) is 4.98 Å². The third-order valence-corrected chi connectivity index (χ3v) is 4.77. The average Bonchev–Trinajstić information content (AvgIpc) is 3.10. The molecular formula is C14H23N5O. The Hall–Kier alpha value is -1.43. The molecule has 1 N–H and O–H groups in total. The number of amides is 1. The molecule has 110 valence electrons. The largest absolute Gasteiger partial charge is 0.337 e. The Balaban J connectivity index is 1.66. The predicted molar refractivity (Wildman–Crippen MR) is 75.6 cm³/mol. The van der Waals surface area contributed by atoms with Gasteiger partial charge in [-0.05, 0) is 46.2 Å². The van der Waals surface area contributed by atoms with Gasteiger partial charge in [0.05, 0.1) is 0 Å². The molecule has 0 unspecified atom stereocenters. The smallest absolute Gasteiger partial charge is 0.293 e. The zero-order valence-electron chi connectivity index (χ0n) is 12.5. The van der Waals surface area contributed by atoms with E-state index in [0.29, 0.717) is 11.7 Å². The van der Waals surface area contributed by atoms with E-state index in [1.54, 1.807) is 4.90 Å². The van der Waals surface area contributed by atoms with Crippen LogP contribution in [0.1, 0.15) is 54.5 Å². The molecule has 0 radical (unpaired) electrons. The van der Waals surface area contributed by atoms with Crippen LogP contribution < -0.4 is 0 Å². The van der Waals surface area contributed by atoms with Crippen LogP contribution in [0.25, 0.3) is 0 Å². The minimum atomic E-state index is -0.0822. The van der Waals surface area contributed by atoms with Gasteiger partial charge in [-0.1, -0.05) is 0 Å². The molecular weight excluding hydrogens is 254 g/mol. The van der Waals surface area contributed by atoms with Crippen molar-refractivity contribution in [1.29, 1.82) is 0 Å². The predicted octanol–water partition coefficient (Wildman–Crippen LogP) is 1.24. The van der Waals surface area contributed by atoms with E-state index in [1.165, 1.54) is 6.42 Å². The van der Waals surface area contributed by atoms with Crippen molar-refractivity contribution in [1.82, 2.24) is 25.0 Å². The number of hydrogen-bond acceptors (Lipinski definition) is 4. The van der Waals surface area contributed by atoms with Crippen LogP contribution in [-0.4, -0.2) is 64.1 Å². The third kappa shape index (κ3) is 2.32. The van der Waals surface area contributed by atoms with Crippen LogP contribution in [0, 0.1) is 0 Å². The molecule has 2 aliphatic rings. The average molecular weight is 277 g/mol. The summed E-state index contributed by atoms with van der Waals surface area (Å²) >= 11 is 0. The Bertz CT molecular complexity index is 501. The Morgan fingerprint density at radius 2 is 2.05 bits per heavy atom. The van der Waals surface area contributed by atoms with Crippen molar-refractivity contribution in [3.8, 4) is 0 Å². The summed E-state index contributed by atoms with van der Waals surface area (Å²) in [5.41, 5.74) is 0.139. The summed E-state index contributed by atoms with van der Waals surface area (Å²) in [5.74, 6) is 1.59. The second-order valence-electron chi connectivity index (χ2n) is 6.45. The Labute approximate surface area is 119 Å². The fraction of sp³-hybridized carbons (Fsp3) is 0.786. The van der Waals surface area contributed by atoms with Crippen LogP contribution in [0.5, 0.6) is 0 Å². The number of H-pyrrole nitrogens is 1. The first-order valence-electron chi connectivity index (χ1n) is 7.37. The lowest BCUT2D eigenvalue weighted by molar-refractivity contribution is 0.0247. The molecule has 6 heteroatoms. The second-order valence-corrected chi connectivity index (χ2v) is 6.45. The van der Waals surface area contributed by atoms with Gasteiger partial charge in [-0.3, -0.25) is 9.89 Å². The summed E-state index contributed by atoms with van der Waals surface area (Å²) in [4.78, 5) is 20.8. The third-order valence-electron chi connectivity index (χ3n) is 4.77. The van der Waals surface area contributed by atoms with E-state index < -0.39 is 0 Å². The van der Waals surface area contributed by atoms with Gasteiger partial charge in [0.15, 0.2) is 0 Å². The summed E-state index contributed by atoms with van der Waals surface area (Å²) in [5, 5.41) is 6.97. The molecule has 0 bridgehead atoms. The second kappa shape index (κ2) is 4.84. The molecule has 3 rings (SSSR count). The number of nitrogens with zero attached hydrogens (tertiary/aromatic N) is 4. The minimum absolute atomic E-state index is 0.0822. The number of hydrogen-bond donors (Lipinski definition) is 1. The highest BCUT2D eigenvalue weighted by atomic mass is 16.2. The molecule has 1 aromatic heterocycles. The van der Waals surface area contributed by atoms with Crippen LogP contribution in [0.3, 0.4) is 0 Å². The lowest BCUT2D eigenvalue weighted by atomic mass is 9.75. The fourth-order valence-electron chi connectivity index (χ4n) is 2.92. The molecule has 2 fully saturated rings. The number of likely N-dealkylation sites (N-methyl/N-ethyl adjacent to an activating group) is 2. The standard InChI is InChI=1S/C14H23N5O/c1-18(2)14(7-4-8-14)9-19(3)13(20)12-15-11(16-17-12)10-5-6-10/h10H,4-9H2,1-3H3,(H,15,16,17). The Morgan fingerprint density at radius 1 is 1.35 bits per heavy atom. The molecule has 0 saturated heterocycles. The number of nitrogens with one attached hydrogen (secondary N) is 1. The van der Waals surface area contributed by atoms with E-state index in [-0.39, 0.29) is 11.4 Å². The fourth-order valence-corrected chi connectivity index (χ4v) is 2.92. The van der Waals surface area contributed by atoms with Crippen molar-refractivity contribution in [2.24, 2.45) is 0 Å². The summed E-state index contributed by atoms with van der Waals surface area (Å²) in [6, 6.07) is 0. The Morgan fingerprint density at radius 3 is 2.55 bits per heavy atom. The zero-order valence-corrected chi connectivity index (χ0v) is 12.5. The van der Waals surface area contributed by atoms with Gasteiger partial charge in [0.1, 0.15) is 5.82 Å². The first-order chi connectivity index (χ1) is 9.52. The van der Waals surface area contributed by atoms with Crippen LogP contribution in [0.2, 0.25) is 0 Å². The van der Waals surface area contributed by atoms with Gasteiger partial charge >= 0.3 is 0 Å². The molecule has 1 amide bonds. The maximum absolute atomic E-state index is 12.4. The number of carbonyl (C=O) groups is 1. The van der Waals surface area contributed by atoms with E-state index in [4.69, 9.17) is 0 Å². The topological polar surface area (TPSA) is 65.1 Å². The normalized spacial score (nSPS) is 20.8. The number of aromatic nitrogens is 3. The van der Waals surface area contributed by atoms with Crippen molar-refractivity contribution < 1.29 is 4.79 Å². The van der Waals surface area contributed by atoms with Gasteiger partial charge in [0, 0.05) is 25.0 Å². The molecule has 0 aliphatic heterocycles. The molecule has 2 aliphatic carbocycles. The maximum atomic E-state index is 12.4. The van der Waals surface area contributed by atoms with Crippen LogP contribution in [0.15, 0.2) is 0 Å². The molecule has 0 spiro atoms. The van der Waals surface area contributed by atoms with Gasteiger partial charge in [0.25, 0.3) is 5.91 Å². The maximum Gasteiger partial charge on any atom is 0.293 e. The highest BCUT2D eigenvalue weighted by molar-refractivity contribution is 5.90. The Kier molecular flexibility index (Phi) is 3.28. The van der Waals surface area contributed by atoms with Crippen LogP contribution in [-0.2, 0) is 0 Å². The van der Waals surface area contributed by atoms with Gasteiger partial charge in [-0.2, -0.15) is 0 Å². The van der Waals surface area contributed by atoms with Crippen LogP contribution >= 0.6 is 0 Å². The van der Waals surface area contributed by atoms with Crippen molar-refractivity contribution >= 4 is 5.91 Å². The lowest BCUT2D eigenvalue weighted by Gasteiger charge is -2.49. The number of carbonyl (C=O) groups excluding carboxylic acids is 1. The monoisotopic (exact) mass is 277 g/mol. The zero-order chi connectivity index (χ0) is 14.3. The lowest BCUT2D eigenvalue weighted by Crippen LogP contribution is -2.57. The van der Waals surface area contributed by atoms with E-state index >= 15 is 0 Å². The number of aromatic amines is 1. The SMILES string of the molecule is CN(CC1(N(C)C)CCC1)C(=O)c1n[nH]c(C2CC2)n1. The van der Waals surface area contributed by atoms with Crippen molar-refractivity contribution in [3.63, 3.8) is 0 Å². The highest BCUT2D eigenvalue weighted by Gasteiger charge is 2.41. The summed E-state index contributed by atoms with van der Waals surface area (Å²) in [6.07, 6.45) is 5.86. The first-order valence-corrected chi connectivity index (χ1v) is 7.37. The number of rotatable bonds is 5. The molecule has 1 aromatic rings. The van der Waals surface area contributed by atoms with E-state index in [0.717, 1.165) is 38.1 Å². The van der Waals surface area contributed by atoms with Crippen molar-refractivity contribution in [2.45, 2.75) is 43.6 Å². The molecule has 20 heavy (non-hydrogen) atoms. The van der Waals surface area contributed by atoms with Gasteiger partial charge in [0.2, 0.25) is 5.82 Å². The van der Waals surface area contributed by atoms with Crippen LogP contribution in [0.4, 0.5) is 0 Å². The van der Waals surface area contributed by atoms with E-state index in [1.807, 2.05) is 7.05 Å². The van der Waals surface area contributed by atoms with Gasteiger partial charge < -0.3 is 9.80 Å². The molecule has 0 atom stereocenters. The van der Waals surface area contributed by atoms with Crippen molar-refractivity contribution in [3.05, 3.63) is 11.6 Å². The summed E-state index contributed by atoms with van der Waals surface area (Å²) < 4.78 is 0. The van der Waals surface area contributed by atoms with E-state index in [9.17, 15) is 4.79 Å². The molecule has 2 saturated carbocycles. The van der Waals surface area contributed by atoms with Crippen molar-refractivity contribution in [2.75, 3.05) is 27.7 Å². The first kappa shape index (κ1) is 13.5.